The van der Waals surface area contributed by atoms with E-state index in [1.54, 1.807) is 0 Å². The van der Waals surface area contributed by atoms with Crippen LogP contribution in [0.2, 0.25) is 0 Å². The molecule has 0 aliphatic carbocycles. The maximum Gasteiger partial charge on any atom is 0.472 e. The Hall–Kier alpha value is -0.500. The fourth-order valence-corrected chi connectivity index (χ4v) is 5.10. The van der Waals surface area contributed by atoms with E-state index in [4.69, 9.17) is 13.8 Å². The Balaban J connectivity index is 3.57. The lowest BCUT2D eigenvalue weighted by atomic mass is 10.0. The number of phosphoric ester groups is 1. The number of likely N-dealkylation sites (N-methyl/N-ethyl adjacent to an activating group) is 1. The molecular formula is C30H63NO7P+. The quantitative estimate of drug-likeness (QED) is 0.0407. The maximum atomic E-state index is 12.0. The summed E-state index contributed by atoms with van der Waals surface area (Å²) in [6.45, 7) is 1.99. The van der Waals surface area contributed by atoms with Crippen LogP contribution in [0.15, 0.2) is 0 Å². The molecule has 0 aromatic rings. The molecule has 1 unspecified atom stereocenters. The summed E-state index contributed by atoms with van der Waals surface area (Å²) in [7, 11) is 1.56. The summed E-state index contributed by atoms with van der Waals surface area (Å²) in [5.74, 6) is -0.427. The first-order valence-corrected chi connectivity index (χ1v) is 17.3. The summed E-state index contributed by atoms with van der Waals surface area (Å²) < 4.78 is 27.5. The van der Waals surface area contributed by atoms with Crippen LogP contribution in [0.25, 0.3) is 0 Å². The van der Waals surface area contributed by atoms with Gasteiger partial charge in [0.1, 0.15) is 19.3 Å². The van der Waals surface area contributed by atoms with Gasteiger partial charge in [-0.25, -0.2) is 4.57 Å². The number of aliphatic hydroxyl groups is 1. The van der Waals surface area contributed by atoms with Crippen LogP contribution in [0.3, 0.4) is 0 Å². The number of nitrogens with zero attached hydrogens (tertiary/aromatic N) is 1. The summed E-state index contributed by atoms with van der Waals surface area (Å²) in [5.41, 5.74) is 0. The minimum atomic E-state index is -4.26. The average Bonchev–Trinajstić information content (AvgIpc) is 2.87. The van der Waals surface area contributed by atoms with Gasteiger partial charge in [-0.1, -0.05) is 122 Å². The molecule has 2 N–H and O–H groups in total. The number of esters is 1. The maximum absolute atomic E-state index is 12.0. The first-order valence-electron chi connectivity index (χ1n) is 15.8. The van der Waals surface area contributed by atoms with Gasteiger partial charge in [-0.3, -0.25) is 13.8 Å². The number of ether oxygens (including phenoxy) is 1. The zero-order valence-corrected chi connectivity index (χ0v) is 26.8. The molecule has 0 aromatic carbocycles. The van der Waals surface area contributed by atoms with E-state index in [1.807, 2.05) is 21.1 Å². The smallest absolute Gasteiger partial charge is 0.457 e. The van der Waals surface area contributed by atoms with Crippen molar-refractivity contribution in [1.82, 2.24) is 0 Å². The highest BCUT2D eigenvalue weighted by Gasteiger charge is 2.25. The number of hydrogen-bond acceptors (Lipinski definition) is 6. The molecule has 0 spiro atoms. The fraction of sp³-hybridized carbons (Fsp3) is 0.967. The number of carbonyl (C=O) groups excluding carboxylic acids is 1. The first kappa shape index (κ1) is 38.5. The topological polar surface area (TPSA) is 102 Å². The van der Waals surface area contributed by atoms with Crippen molar-refractivity contribution in [2.24, 2.45) is 0 Å². The Bertz CT molecular complexity index is 613. The lowest BCUT2D eigenvalue weighted by Crippen LogP contribution is -2.37. The predicted molar refractivity (Wildman–Crippen MR) is 160 cm³/mol. The summed E-state index contributed by atoms with van der Waals surface area (Å²) in [6, 6.07) is 0. The Morgan fingerprint density at radius 2 is 1.13 bits per heavy atom. The van der Waals surface area contributed by atoms with Gasteiger partial charge in [0.2, 0.25) is 0 Å². The van der Waals surface area contributed by atoms with E-state index in [1.165, 1.54) is 103 Å². The summed E-state index contributed by atoms with van der Waals surface area (Å²) in [5, 5.41) is 9.42. The number of quaternary nitrogens is 1. The van der Waals surface area contributed by atoms with Crippen LogP contribution in [0, 0.1) is 0 Å². The second-order valence-corrected chi connectivity index (χ2v) is 13.5. The lowest BCUT2D eigenvalue weighted by Gasteiger charge is -2.24. The molecule has 0 aliphatic rings. The van der Waals surface area contributed by atoms with Gasteiger partial charge in [0.15, 0.2) is 0 Å². The van der Waals surface area contributed by atoms with Gasteiger partial charge in [0.05, 0.1) is 34.4 Å². The Morgan fingerprint density at radius 1 is 0.718 bits per heavy atom. The van der Waals surface area contributed by atoms with Crippen LogP contribution in [-0.2, 0) is 23.1 Å². The number of rotatable bonds is 29. The first-order chi connectivity index (χ1) is 18.6. The van der Waals surface area contributed by atoms with E-state index in [2.05, 4.69) is 6.92 Å². The number of phosphoric acid groups is 1. The van der Waals surface area contributed by atoms with E-state index in [-0.39, 0.29) is 19.6 Å². The number of aliphatic hydroxyl groups excluding tert-OH is 1. The molecule has 0 radical (unpaired) electrons. The highest BCUT2D eigenvalue weighted by molar-refractivity contribution is 7.47. The molecule has 0 heterocycles. The molecule has 0 bridgehead atoms. The Morgan fingerprint density at radius 3 is 1.51 bits per heavy atom. The van der Waals surface area contributed by atoms with E-state index in [0.717, 1.165) is 19.3 Å². The third-order valence-corrected chi connectivity index (χ3v) is 7.91. The van der Waals surface area contributed by atoms with Crippen molar-refractivity contribution in [3.63, 3.8) is 0 Å². The molecule has 39 heavy (non-hydrogen) atoms. The normalized spacial score (nSPS) is 14.3. The molecular weight excluding hydrogens is 517 g/mol. The van der Waals surface area contributed by atoms with Gasteiger partial charge >= 0.3 is 13.8 Å². The van der Waals surface area contributed by atoms with Gasteiger partial charge < -0.3 is 19.2 Å². The number of carbonyl (C=O) groups is 1. The highest BCUT2D eigenvalue weighted by atomic mass is 31.2. The zero-order chi connectivity index (χ0) is 29.2. The molecule has 0 saturated carbocycles. The van der Waals surface area contributed by atoms with Crippen LogP contribution in [0.5, 0.6) is 0 Å². The van der Waals surface area contributed by atoms with Crippen LogP contribution in [0.1, 0.15) is 135 Å². The predicted octanol–water partition coefficient (Wildman–Crippen LogP) is 7.55. The van der Waals surface area contributed by atoms with Gasteiger partial charge in [-0.15, -0.1) is 0 Å². The Labute approximate surface area is 240 Å². The van der Waals surface area contributed by atoms with E-state index in [0.29, 0.717) is 11.0 Å². The van der Waals surface area contributed by atoms with Crippen LogP contribution >= 0.6 is 7.82 Å². The third kappa shape index (κ3) is 28.8. The van der Waals surface area contributed by atoms with Crippen molar-refractivity contribution in [1.29, 1.82) is 0 Å². The summed E-state index contributed by atoms with van der Waals surface area (Å²) in [6.07, 6.45) is 23.9. The Kier molecular flexibility index (Phi) is 24.9. The molecule has 0 aliphatic heterocycles. The van der Waals surface area contributed by atoms with Gasteiger partial charge in [-0.05, 0) is 6.42 Å². The van der Waals surface area contributed by atoms with Gasteiger partial charge in [-0.2, -0.15) is 0 Å². The average molecular weight is 581 g/mol. The zero-order valence-electron chi connectivity index (χ0n) is 25.9. The van der Waals surface area contributed by atoms with E-state index in [9.17, 15) is 19.4 Å². The molecule has 9 heteroatoms. The van der Waals surface area contributed by atoms with Crippen LogP contribution < -0.4 is 0 Å². The largest absolute Gasteiger partial charge is 0.472 e. The van der Waals surface area contributed by atoms with Crippen molar-refractivity contribution >= 4 is 13.8 Å². The minimum Gasteiger partial charge on any atom is -0.457 e. The van der Waals surface area contributed by atoms with E-state index < -0.39 is 26.5 Å². The van der Waals surface area contributed by atoms with Crippen LogP contribution in [-0.4, -0.2) is 74.1 Å². The molecule has 0 aromatic heterocycles. The van der Waals surface area contributed by atoms with Gasteiger partial charge in [0.25, 0.3) is 0 Å². The molecule has 2 atom stereocenters. The molecule has 0 fully saturated rings. The molecule has 0 saturated heterocycles. The van der Waals surface area contributed by atoms with Crippen molar-refractivity contribution in [2.75, 3.05) is 47.5 Å². The second kappa shape index (κ2) is 25.2. The summed E-state index contributed by atoms with van der Waals surface area (Å²) in [4.78, 5) is 21.8. The molecule has 8 nitrogen and oxygen atoms in total. The number of unbranched alkanes of at least 4 members (excludes halogenated alkanes) is 18. The number of hydrogen-bond donors (Lipinski definition) is 2. The summed E-state index contributed by atoms with van der Waals surface area (Å²) >= 11 is 0. The third-order valence-electron chi connectivity index (χ3n) is 6.93. The standard InChI is InChI=1S/C30H62NO7P/c1-5-6-7-8-9-10-11-12-13-14-15-16-17-18-19-20-21-22-23-24-30(33)38-29(27-32)28-37-39(34,35)36-26-25-31(2,3)4/h29,32H,5-28H2,1-4H3/p+1/t29-/m1/s1. The van der Waals surface area contributed by atoms with Crippen LogP contribution in [0.4, 0.5) is 0 Å². The monoisotopic (exact) mass is 580 g/mol. The molecule has 0 amide bonds. The van der Waals surface area contributed by atoms with E-state index >= 15 is 0 Å². The SMILES string of the molecule is CCCCCCCCCCCCCCCCCCCCCC(=O)O[C@H](CO)COP(=O)(O)OCC[N+](C)(C)C. The molecule has 234 valence electrons. The van der Waals surface area contributed by atoms with Gasteiger partial charge in [0, 0.05) is 6.42 Å². The van der Waals surface area contributed by atoms with Crippen molar-refractivity contribution in [3.8, 4) is 0 Å². The second-order valence-electron chi connectivity index (χ2n) is 12.0. The molecule has 0 rings (SSSR count). The lowest BCUT2D eigenvalue weighted by molar-refractivity contribution is -0.870. The minimum absolute atomic E-state index is 0.0558. The van der Waals surface area contributed by atoms with Crippen molar-refractivity contribution in [2.45, 2.75) is 141 Å². The van der Waals surface area contributed by atoms with Crippen molar-refractivity contribution in [3.05, 3.63) is 0 Å². The van der Waals surface area contributed by atoms with Crippen molar-refractivity contribution < 1.29 is 37.6 Å². The fourth-order valence-electron chi connectivity index (χ4n) is 4.36. The highest BCUT2D eigenvalue weighted by Crippen LogP contribution is 2.43.